The van der Waals surface area contributed by atoms with Crippen molar-refractivity contribution >= 4 is 41.2 Å². The van der Waals surface area contributed by atoms with Gasteiger partial charge in [0.2, 0.25) is 0 Å². The SMILES string of the molecule is CN=C(N)CSc1n[nH]c(=S)s1. The maximum Gasteiger partial charge on any atom is 0.177 e. The summed E-state index contributed by atoms with van der Waals surface area (Å²) >= 11 is 7.84. The van der Waals surface area contributed by atoms with Gasteiger partial charge in [0, 0.05) is 7.05 Å². The molecule has 0 spiro atoms. The average molecular weight is 220 g/mol. The number of hydrogen-bond acceptors (Lipinski definition) is 5. The molecule has 0 saturated heterocycles. The molecule has 7 heteroatoms. The average Bonchev–Trinajstić information content (AvgIpc) is 2.47. The third kappa shape index (κ3) is 2.92. The Labute approximate surface area is 83.3 Å². The number of aromatic nitrogens is 2. The second-order valence-corrected chi connectivity index (χ2v) is 4.77. The van der Waals surface area contributed by atoms with Crippen molar-refractivity contribution in [2.45, 2.75) is 4.34 Å². The molecular weight excluding hydrogens is 212 g/mol. The molecule has 12 heavy (non-hydrogen) atoms. The second-order valence-electron chi connectivity index (χ2n) is 1.88. The van der Waals surface area contributed by atoms with Gasteiger partial charge >= 0.3 is 0 Å². The van der Waals surface area contributed by atoms with E-state index in [1.54, 1.807) is 7.05 Å². The third-order valence-electron chi connectivity index (χ3n) is 1.05. The fourth-order valence-electron chi connectivity index (χ4n) is 0.478. The van der Waals surface area contributed by atoms with Crippen molar-refractivity contribution in [3.05, 3.63) is 3.95 Å². The van der Waals surface area contributed by atoms with Gasteiger partial charge in [-0.2, -0.15) is 5.10 Å². The predicted molar refractivity (Wildman–Crippen MR) is 55.6 cm³/mol. The molecule has 0 radical (unpaired) electrons. The van der Waals surface area contributed by atoms with Gasteiger partial charge in [0.05, 0.1) is 5.75 Å². The van der Waals surface area contributed by atoms with E-state index in [2.05, 4.69) is 15.2 Å². The van der Waals surface area contributed by atoms with Crippen molar-refractivity contribution in [2.24, 2.45) is 10.7 Å². The van der Waals surface area contributed by atoms with E-state index < -0.39 is 0 Å². The van der Waals surface area contributed by atoms with Crippen molar-refractivity contribution in [1.82, 2.24) is 10.2 Å². The Morgan fingerprint density at radius 2 is 2.67 bits per heavy atom. The van der Waals surface area contributed by atoms with E-state index in [1.165, 1.54) is 23.1 Å². The molecule has 0 aliphatic rings. The number of aromatic amines is 1. The first-order valence-corrected chi connectivity index (χ1v) is 5.33. The third-order valence-corrected chi connectivity index (χ3v) is 3.31. The molecule has 0 unspecified atom stereocenters. The van der Waals surface area contributed by atoms with Crippen LogP contribution in [0.5, 0.6) is 0 Å². The van der Waals surface area contributed by atoms with Crippen molar-refractivity contribution < 1.29 is 0 Å². The summed E-state index contributed by atoms with van der Waals surface area (Å²) in [5, 5.41) is 6.66. The number of nitrogens with zero attached hydrogens (tertiary/aromatic N) is 2. The summed E-state index contributed by atoms with van der Waals surface area (Å²) in [7, 11) is 1.67. The summed E-state index contributed by atoms with van der Waals surface area (Å²) in [6.45, 7) is 0. The first-order chi connectivity index (χ1) is 5.72. The Morgan fingerprint density at radius 1 is 1.92 bits per heavy atom. The van der Waals surface area contributed by atoms with Crippen LogP contribution in [0, 0.1) is 3.95 Å². The molecule has 0 aromatic carbocycles. The standard InChI is InChI=1S/C5H8N4S3/c1-7-3(6)2-11-5-9-8-4(10)12-5/h2H2,1H3,(H2,6,7)(H,8,10). The number of nitrogens with one attached hydrogen (secondary N) is 1. The minimum Gasteiger partial charge on any atom is -0.387 e. The zero-order chi connectivity index (χ0) is 8.97. The summed E-state index contributed by atoms with van der Waals surface area (Å²) in [6.07, 6.45) is 0. The van der Waals surface area contributed by atoms with E-state index in [1.807, 2.05) is 0 Å². The number of hydrogen-bond donors (Lipinski definition) is 2. The van der Waals surface area contributed by atoms with Gasteiger partial charge in [-0.15, -0.1) is 0 Å². The molecule has 1 rings (SSSR count). The molecule has 66 valence electrons. The van der Waals surface area contributed by atoms with Gasteiger partial charge in [0.1, 0.15) is 5.84 Å². The van der Waals surface area contributed by atoms with E-state index >= 15 is 0 Å². The van der Waals surface area contributed by atoms with Crippen LogP contribution in [0.4, 0.5) is 0 Å². The number of aliphatic imine (C=N–C) groups is 1. The first kappa shape index (κ1) is 9.69. The highest BCUT2D eigenvalue weighted by Gasteiger charge is 1.99. The number of thioether (sulfide) groups is 1. The highest BCUT2D eigenvalue weighted by Crippen LogP contribution is 2.19. The van der Waals surface area contributed by atoms with Crippen LogP contribution >= 0.6 is 35.3 Å². The van der Waals surface area contributed by atoms with E-state index in [0.717, 1.165) is 4.34 Å². The van der Waals surface area contributed by atoms with Crippen LogP contribution in [0.25, 0.3) is 0 Å². The Morgan fingerprint density at radius 3 is 3.17 bits per heavy atom. The number of rotatable bonds is 3. The second kappa shape index (κ2) is 4.58. The molecule has 1 heterocycles. The summed E-state index contributed by atoms with van der Waals surface area (Å²) in [6, 6.07) is 0. The highest BCUT2D eigenvalue weighted by molar-refractivity contribution is 8.01. The van der Waals surface area contributed by atoms with E-state index in [-0.39, 0.29) is 0 Å². The highest BCUT2D eigenvalue weighted by atomic mass is 32.2. The molecule has 1 aromatic heterocycles. The molecule has 0 aliphatic heterocycles. The summed E-state index contributed by atoms with van der Waals surface area (Å²) < 4.78 is 1.58. The predicted octanol–water partition coefficient (Wildman–Crippen LogP) is 1.28. The molecule has 0 saturated carbocycles. The lowest BCUT2D eigenvalue weighted by Crippen LogP contribution is -2.13. The molecule has 0 fully saturated rings. The Kier molecular flexibility index (Phi) is 3.70. The molecule has 0 aliphatic carbocycles. The van der Waals surface area contributed by atoms with Crippen molar-refractivity contribution in [1.29, 1.82) is 0 Å². The molecule has 4 nitrogen and oxygen atoms in total. The zero-order valence-corrected chi connectivity index (χ0v) is 8.85. The Balaban J connectivity index is 2.49. The molecular formula is C5H8N4S3. The molecule has 0 bridgehead atoms. The summed E-state index contributed by atoms with van der Waals surface area (Å²) in [5.74, 6) is 1.27. The van der Waals surface area contributed by atoms with Crippen LogP contribution < -0.4 is 5.73 Å². The van der Waals surface area contributed by atoms with Crippen LogP contribution in [0.1, 0.15) is 0 Å². The largest absolute Gasteiger partial charge is 0.387 e. The molecule has 0 amide bonds. The summed E-state index contributed by atoms with van der Waals surface area (Å²) in [4.78, 5) is 3.82. The Hall–Kier alpha value is -0.400. The smallest absolute Gasteiger partial charge is 0.177 e. The first-order valence-electron chi connectivity index (χ1n) is 3.12. The van der Waals surface area contributed by atoms with Gasteiger partial charge in [0.15, 0.2) is 8.29 Å². The normalized spacial score (nSPS) is 11.9. The van der Waals surface area contributed by atoms with Gasteiger partial charge in [-0.25, -0.2) is 0 Å². The molecule has 3 N–H and O–H groups in total. The van der Waals surface area contributed by atoms with Gasteiger partial charge in [-0.3, -0.25) is 10.1 Å². The Bertz CT molecular complexity index is 325. The van der Waals surface area contributed by atoms with Crippen LogP contribution in [0.3, 0.4) is 0 Å². The lowest BCUT2D eigenvalue weighted by molar-refractivity contribution is 1.00. The number of amidine groups is 1. The minimum absolute atomic E-state index is 0.612. The van der Waals surface area contributed by atoms with Gasteiger partial charge in [-0.05, 0) is 12.2 Å². The van der Waals surface area contributed by atoms with Crippen LogP contribution in [-0.4, -0.2) is 28.8 Å². The fraction of sp³-hybridized carbons (Fsp3) is 0.400. The van der Waals surface area contributed by atoms with E-state index in [0.29, 0.717) is 15.5 Å². The molecule has 0 atom stereocenters. The van der Waals surface area contributed by atoms with E-state index in [9.17, 15) is 0 Å². The van der Waals surface area contributed by atoms with Crippen molar-refractivity contribution in [3.8, 4) is 0 Å². The zero-order valence-electron chi connectivity index (χ0n) is 6.40. The lowest BCUT2D eigenvalue weighted by atomic mass is 10.7. The fourth-order valence-corrected chi connectivity index (χ4v) is 2.43. The topological polar surface area (TPSA) is 67.1 Å². The van der Waals surface area contributed by atoms with Crippen LogP contribution in [0.15, 0.2) is 9.33 Å². The van der Waals surface area contributed by atoms with Gasteiger partial charge < -0.3 is 5.73 Å². The van der Waals surface area contributed by atoms with Crippen molar-refractivity contribution in [3.63, 3.8) is 0 Å². The monoisotopic (exact) mass is 220 g/mol. The van der Waals surface area contributed by atoms with Gasteiger partial charge in [-0.1, -0.05) is 23.1 Å². The van der Waals surface area contributed by atoms with Gasteiger partial charge in [0.25, 0.3) is 0 Å². The van der Waals surface area contributed by atoms with Crippen LogP contribution in [-0.2, 0) is 0 Å². The van der Waals surface area contributed by atoms with Crippen LogP contribution in [0.2, 0.25) is 0 Å². The minimum atomic E-state index is 0.612. The molecule has 1 aromatic rings. The van der Waals surface area contributed by atoms with E-state index in [4.69, 9.17) is 18.0 Å². The number of H-pyrrole nitrogens is 1. The summed E-state index contributed by atoms with van der Waals surface area (Å²) in [5.41, 5.74) is 5.50. The number of nitrogens with two attached hydrogens (primary N) is 1. The maximum absolute atomic E-state index is 5.50. The van der Waals surface area contributed by atoms with Crippen molar-refractivity contribution in [2.75, 3.05) is 12.8 Å². The quantitative estimate of drug-likeness (QED) is 0.348. The maximum atomic E-state index is 5.50. The lowest BCUT2D eigenvalue weighted by Gasteiger charge is -1.93.